The normalized spacial score (nSPS) is 26.2. The molecule has 2 atom stereocenters. The molecular weight excluding hydrogens is 614 g/mol. The second kappa shape index (κ2) is 9.52. The van der Waals surface area contributed by atoms with Crippen molar-refractivity contribution in [2.45, 2.75) is 126 Å². The van der Waals surface area contributed by atoms with Crippen molar-refractivity contribution in [3.8, 4) is 0 Å². The molecule has 4 nitrogen and oxygen atoms in total. The standard InChI is InChI=1S/C33H46F5NO3SSi/c1-21(2)29-27-28(26-24(39-29)19-32(13-8-14-32)20-25(26)42-44(6,7)31(3,4)5)33(15-17-40-18-16-33)41-30(27)22-9-11-23(12-10-22)43(34,35,36,37)38/h9-12,21,25,30H,8,13-20H2,1-7H3/q-1/t25?,30-/m1/s1. The molecule has 1 aromatic heterocycles. The zero-order chi connectivity index (χ0) is 32.2. The summed E-state index contributed by atoms with van der Waals surface area (Å²) in [5.74, 6) is 0.0122. The molecule has 247 valence electrons. The third-order valence-corrected chi connectivity index (χ3v) is 16.7. The summed E-state index contributed by atoms with van der Waals surface area (Å²) >= 11 is 0. The molecule has 6 rings (SSSR count). The molecule has 2 aliphatic heterocycles. The number of aromatic nitrogens is 1. The zero-order valence-corrected chi connectivity index (χ0v) is 28.7. The summed E-state index contributed by atoms with van der Waals surface area (Å²) in [4.78, 5) is 3.47. The van der Waals surface area contributed by atoms with Crippen LogP contribution < -0.4 is 0 Å². The van der Waals surface area contributed by atoms with Crippen molar-refractivity contribution < 1.29 is 33.3 Å². The molecule has 0 radical (unpaired) electrons. The van der Waals surface area contributed by atoms with E-state index in [2.05, 4.69) is 47.7 Å². The molecule has 1 saturated heterocycles. The highest BCUT2D eigenvalue weighted by Gasteiger charge is 2.65. The lowest BCUT2D eigenvalue weighted by Crippen LogP contribution is -2.47. The van der Waals surface area contributed by atoms with E-state index in [0.29, 0.717) is 43.8 Å². The van der Waals surface area contributed by atoms with Gasteiger partial charge in [0.2, 0.25) is 0 Å². The molecule has 2 aromatic rings. The van der Waals surface area contributed by atoms with E-state index in [0.717, 1.165) is 65.9 Å². The van der Waals surface area contributed by atoms with E-state index in [1.807, 2.05) is 0 Å². The van der Waals surface area contributed by atoms with Crippen LogP contribution in [0.4, 0.5) is 19.4 Å². The molecule has 11 heteroatoms. The first kappa shape index (κ1) is 32.4. The summed E-state index contributed by atoms with van der Waals surface area (Å²) in [6.45, 7) is 16.4. The predicted octanol–water partition coefficient (Wildman–Crippen LogP) is 11.2. The van der Waals surface area contributed by atoms with Crippen LogP contribution in [0.2, 0.25) is 18.1 Å². The Balaban J connectivity index is 1.58. The van der Waals surface area contributed by atoms with Gasteiger partial charge >= 0.3 is 10.2 Å². The monoisotopic (exact) mass is 659 g/mol. The first-order valence-electron chi connectivity index (χ1n) is 15.9. The van der Waals surface area contributed by atoms with Gasteiger partial charge in [-0.1, -0.05) is 72.6 Å². The van der Waals surface area contributed by atoms with Gasteiger partial charge in [-0.05, 0) is 68.6 Å². The van der Waals surface area contributed by atoms with Gasteiger partial charge in [0.25, 0.3) is 0 Å². The Kier molecular flexibility index (Phi) is 7.01. The third-order valence-electron chi connectivity index (χ3n) is 11.1. The number of benzene rings is 1. The van der Waals surface area contributed by atoms with Gasteiger partial charge in [-0.25, -0.2) is 0 Å². The van der Waals surface area contributed by atoms with Crippen LogP contribution in [0, 0.1) is 5.41 Å². The minimum atomic E-state index is -9.82. The Hall–Kier alpha value is -1.53. The molecule has 0 bridgehead atoms. The summed E-state index contributed by atoms with van der Waals surface area (Å²) in [6.07, 6.45) is 5.56. The van der Waals surface area contributed by atoms with Crippen molar-refractivity contribution in [2.24, 2.45) is 5.41 Å². The summed E-state index contributed by atoms with van der Waals surface area (Å²) in [6, 6.07) is 3.30. The maximum Gasteiger partial charge on any atom is 0.310 e. The van der Waals surface area contributed by atoms with Crippen molar-refractivity contribution in [2.75, 3.05) is 13.2 Å². The Bertz CT molecular complexity index is 1460. The van der Waals surface area contributed by atoms with Crippen molar-refractivity contribution in [1.29, 1.82) is 0 Å². The lowest BCUT2D eigenvalue weighted by molar-refractivity contribution is -0.122. The molecule has 2 spiro atoms. The molecule has 1 saturated carbocycles. The van der Waals surface area contributed by atoms with Gasteiger partial charge in [0, 0.05) is 54.7 Å². The topological polar surface area (TPSA) is 40.6 Å². The first-order valence-corrected chi connectivity index (χ1v) is 20.8. The molecule has 2 aliphatic carbocycles. The Morgan fingerprint density at radius 2 is 1.57 bits per heavy atom. The number of rotatable bonds is 5. The average Bonchev–Trinajstić information content (AvgIpc) is 3.19. The van der Waals surface area contributed by atoms with Gasteiger partial charge in [-0.15, -0.1) is 18.1 Å². The molecule has 1 aromatic carbocycles. The number of halogens is 5. The molecule has 1 unspecified atom stereocenters. The lowest BCUT2D eigenvalue weighted by Gasteiger charge is -2.56. The van der Waals surface area contributed by atoms with E-state index in [-0.39, 0.29) is 22.5 Å². The SMILES string of the molecule is CC(C)c1nc2c(c3c1[C@@H](c1ccc(S(F)(F)(F)(F)F)cc1)OC31CCOCC1)C(O[Si-](C)(C)C(C)(C)C)CC1(CCC1)C2. The molecular formula is C33H46F5NO3SSi-. The maximum atomic E-state index is 13.6. The Morgan fingerprint density at radius 3 is 2.07 bits per heavy atom. The fourth-order valence-corrected chi connectivity index (χ4v) is 9.44. The summed E-state index contributed by atoms with van der Waals surface area (Å²) in [7, 11) is -12.0. The first-order chi connectivity index (χ1) is 20.0. The molecule has 0 amide bonds. The smallest absolute Gasteiger partial charge is 0.310 e. The lowest BCUT2D eigenvalue weighted by atomic mass is 9.58. The van der Waals surface area contributed by atoms with Gasteiger partial charge < -0.3 is 13.9 Å². The molecule has 44 heavy (non-hydrogen) atoms. The Labute approximate surface area is 259 Å². The number of hydrogen-bond donors (Lipinski definition) is 0. The number of nitrogens with zero attached hydrogens (tertiary/aromatic N) is 1. The zero-order valence-electron chi connectivity index (χ0n) is 26.9. The van der Waals surface area contributed by atoms with Crippen LogP contribution in [0.15, 0.2) is 29.2 Å². The van der Waals surface area contributed by atoms with Gasteiger partial charge in [0.05, 0.1) is 5.60 Å². The van der Waals surface area contributed by atoms with Crippen molar-refractivity contribution in [3.63, 3.8) is 0 Å². The third kappa shape index (κ3) is 5.46. The van der Waals surface area contributed by atoms with Crippen LogP contribution >= 0.6 is 10.2 Å². The second-order valence-corrected chi connectivity index (χ2v) is 22.7. The van der Waals surface area contributed by atoms with E-state index >= 15 is 0 Å². The highest BCUT2D eigenvalue weighted by molar-refractivity contribution is 8.45. The number of fused-ring (bicyclic) bond motifs is 4. The van der Waals surface area contributed by atoms with Crippen LogP contribution in [0.25, 0.3) is 0 Å². The van der Waals surface area contributed by atoms with Crippen LogP contribution in [-0.2, 0) is 25.9 Å². The quantitative estimate of drug-likeness (QED) is 0.237. The van der Waals surface area contributed by atoms with Crippen LogP contribution in [0.3, 0.4) is 0 Å². The van der Waals surface area contributed by atoms with E-state index in [4.69, 9.17) is 18.9 Å². The van der Waals surface area contributed by atoms with Crippen molar-refractivity contribution >= 4 is 18.5 Å². The van der Waals surface area contributed by atoms with Gasteiger partial charge in [0.15, 0.2) is 0 Å². The number of hydrogen-bond acceptors (Lipinski definition) is 4. The predicted molar refractivity (Wildman–Crippen MR) is 166 cm³/mol. The van der Waals surface area contributed by atoms with E-state index in [9.17, 15) is 19.4 Å². The highest BCUT2D eigenvalue weighted by Crippen LogP contribution is 3.02. The molecule has 2 fully saturated rings. The minimum absolute atomic E-state index is 0.00806. The van der Waals surface area contributed by atoms with Crippen LogP contribution in [0.1, 0.15) is 125 Å². The number of pyridine rings is 1. The van der Waals surface area contributed by atoms with Crippen molar-refractivity contribution in [1.82, 2.24) is 4.98 Å². The minimum Gasteiger partial charge on any atom is -0.559 e. The summed E-state index contributed by atoms with van der Waals surface area (Å²) < 4.78 is 88.2. The molecule has 4 aliphatic rings. The Morgan fingerprint density at radius 1 is 0.955 bits per heavy atom. The maximum absolute atomic E-state index is 13.6. The van der Waals surface area contributed by atoms with Gasteiger partial charge in [-0.2, -0.15) is 0 Å². The number of ether oxygens (including phenoxy) is 2. The molecule has 0 N–H and O–H groups in total. The summed E-state index contributed by atoms with van der Waals surface area (Å²) in [5.41, 5.74) is 4.81. The fourth-order valence-electron chi connectivity index (χ4n) is 7.52. The van der Waals surface area contributed by atoms with Gasteiger partial charge in [0.1, 0.15) is 11.0 Å². The van der Waals surface area contributed by atoms with E-state index in [1.54, 1.807) is 0 Å². The van der Waals surface area contributed by atoms with E-state index < -0.39 is 35.1 Å². The summed E-state index contributed by atoms with van der Waals surface area (Å²) in [5, 5.41) is -0.00806. The largest absolute Gasteiger partial charge is 0.559 e. The molecule has 3 heterocycles. The van der Waals surface area contributed by atoms with E-state index in [1.165, 1.54) is 6.42 Å². The van der Waals surface area contributed by atoms with Crippen LogP contribution in [0.5, 0.6) is 0 Å². The fraction of sp³-hybridized carbons (Fsp3) is 0.667. The average molecular weight is 660 g/mol. The second-order valence-electron chi connectivity index (χ2n) is 15.5. The van der Waals surface area contributed by atoms with Crippen LogP contribution in [-0.4, -0.2) is 26.5 Å². The van der Waals surface area contributed by atoms with Crippen molar-refractivity contribution in [3.05, 3.63) is 57.9 Å². The van der Waals surface area contributed by atoms with Gasteiger partial charge in [-0.3, -0.25) is 4.98 Å². The highest BCUT2D eigenvalue weighted by atomic mass is 32.5.